The summed E-state index contributed by atoms with van der Waals surface area (Å²) in [6.07, 6.45) is 1.04. The summed E-state index contributed by atoms with van der Waals surface area (Å²) >= 11 is 0. The Hall–Kier alpha value is -1.58. The predicted molar refractivity (Wildman–Crippen MR) is 51.5 cm³/mol. The van der Waals surface area contributed by atoms with Crippen molar-refractivity contribution in [1.82, 2.24) is 0 Å². The monoisotopic (exact) mass is 197 g/mol. The summed E-state index contributed by atoms with van der Waals surface area (Å²) in [4.78, 5) is 0. The molecular weight excluding hydrogens is 185 g/mol. The van der Waals surface area contributed by atoms with Gasteiger partial charge in [0.1, 0.15) is 11.6 Å². The van der Waals surface area contributed by atoms with Crippen LogP contribution in [0.15, 0.2) is 23.4 Å². The lowest BCUT2D eigenvalue weighted by atomic mass is 10.2. The number of ether oxygens (including phenoxy) is 1. The third-order valence-corrected chi connectivity index (χ3v) is 1.54. The summed E-state index contributed by atoms with van der Waals surface area (Å²) in [6.45, 7) is 3.72. The first kappa shape index (κ1) is 10.5. The van der Waals surface area contributed by atoms with E-state index in [0.29, 0.717) is 5.75 Å². The molecule has 0 radical (unpaired) electrons. The summed E-state index contributed by atoms with van der Waals surface area (Å²) in [5, 5.41) is 11.0. The molecule has 1 N–H and O–H groups in total. The molecule has 0 spiro atoms. The van der Waals surface area contributed by atoms with Crippen LogP contribution in [0.4, 0.5) is 4.39 Å². The molecule has 0 saturated carbocycles. The predicted octanol–water partition coefficient (Wildman–Crippen LogP) is 2.42. The second kappa shape index (κ2) is 4.60. The molecule has 1 aromatic carbocycles. The third kappa shape index (κ3) is 2.73. The van der Waals surface area contributed by atoms with E-state index in [0.717, 1.165) is 6.21 Å². The first-order valence-electron chi connectivity index (χ1n) is 4.27. The zero-order valence-electron chi connectivity index (χ0n) is 8.07. The lowest BCUT2D eigenvalue weighted by Gasteiger charge is -2.09. The van der Waals surface area contributed by atoms with Gasteiger partial charge >= 0.3 is 0 Å². The van der Waals surface area contributed by atoms with Crippen LogP contribution in [0.2, 0.25) is 0 Å². The molecule has 3 nitrogen and oxygen atoms in total. The van der Waals surface area contributed by atoms with E-state index in [1.807, 2.05) is 13.8 Å². The molecule has 0 amide bonds. The van der Waals surface area contributed by atoms with Crippen molar-refractivity contribution in [3.05, 3.63) is 29.6 Å². The molecule has 0 aromatic heterocycles. The molecule has 0 saturated heterocycles. The minimum atomic E-state index is -0.471. The van der Waals surface area contributed by atoms with Gasteiger partial charge in [-0.2, -0.15) is 0 Å². The normalized spacial score (nSPS) is 11.1. The van der Waals surface area contributed by atoms with Gasteiger partial charge in [0.25, 0.3) is 0 Å². The van der Waals surface area contributed by atoms with E-state index in [-0.39, 0.29) is 11.7 Å². The molecule has 0 unspecified atom stereocenters. The van der Waals surface area contributed by atoms with Gasteiger partial charge in [-0.25, -0.2) is 4.39 Å². The molecule has 76 valence electrons. The fraction of sp³-hybridized carbons (Fsp3) is 0.300. The Labute approximate surface area is 81.8 Å². The van der Waals surface area contributed by atoms with Gasteiger partial charge in [-0.1, -0.05) is 5.16 Å². The maximum absolute atomic E-state index is 13.2. The second-order valence-corrected chi connectivity index (χ2v) is 3.09. The lowest BCUT2D eigenvalue weighted by molar-refractivity contribution is 0.241. The quantitative estimate of drug-likeness (QED) is 0.459. The Morgan fingerprint density at radius 2 is 2.21 bits per heavy atom. The summed E-state index contributed by atoms with van der Waals surface area (Å²) in [5.74, 6) is -0.00598. The Balaban J connectivity index is 2.88. The first-order chi connectivity index (χ1) is 6.63. The lowest BCUT2D eigenvalue weighted by Crippen LogP contribution is -2.05. The number of halogens is 1. The molecular formula is C10H12FNO2. The summed E-state index contributed by atoms with van der Waals surface area (Å²) in [5.41, 5.74) is 0.226. The van der Waals surface area contributed by atoms with E-state index >= 15 is 0 Å². The highest BCUT2D eigenvalue weighted by Crippen LogP contribution is 2.16. The van der Waals surface area contributed by atoms with E-state index < -0.39 is 5.82 Å². The maximum Gasteiger partial charge on any atom is 0.135 e. The Kier molecular flexibility index (Phi) is 3.45. The summed E-state index contributed by atoms with van der Waals surface area (Å²) in [7, 11) is 0. The zero-order valence-corrected chi connectivity index (χ0v) is 8.07. The average molecular weight is 197 g/mol. The van der Waals surface area contributed by atoms with Gasteiger partial charge in [-0.05, 0) is 26.0 Å². The maximum atomic E-state index is 13.2. The van der Waals surface area contributed by atoms with E-state index in [1.165, 1.54) is 12.1 Å². The van der Waals surface area contributed by atoms with Crippen molar-refractivity contribution in [1.29, 1.82) is 0 Å². The van der Waals surface area contributed by atoms with Crippen LogP contribution in [0.25, 0.3) is 0 Å². The number of nitrogens with zero attached hydrogens (tertiary/aromatic N) is 1. The molecule has 0 atom stereocenters. The first-order valence-corrected chi connectivity index (χ1v) is 4.27. The number of oxime groups is 1. The number of rotatable bonds is 3. The molecule has 0 bridgehead atoms. The van der Waals surface area contributed by atoms with Crippen LogP contribution >= 0.6 is 0 Å². The number of hydrogen-bond donors (Lipinski definition) is 1. The fourth-order valence-corrected chi connectivity index (χ4v) is 1.02. The van der Waals surface area contributed by atoms with E-state index in [4.69, 9.17) is 9.94 Å². The van der Waals surface area contributed by atoms with Gasteiger partial charge in [0.15, 0.2) is 0 Å². The molecule has 0 aliphatic heterocycles. The van der Waals surface area contributed by atoms with Crippen LogP contribution < -0.4 is 4.74 Å². The van der Waals surface area contributed by atoms with Gasteiger partial charge in [0, 0.05) is 11.6 Å². The Morgan fingerprint density at radius 1 is 1.50 bits per heavy atom. The van der Waals surface area contributed by atoms with Gasteiger partial charge < -0.3 is 9.94 Å². The van der Waals surface area contributed by atoms with Crippen LogP contribution in [0.1, 0.15) is 19.4 Å². The standard InChI is InChI=1S/C10H12FNO2/c1-7(2)14-9-4-3-8(6-12-13)10(11)5-9/h3-7,13H,1-2H3/b12-6+. The largest absolute Gasteiger partial charge is 0.491 e. The van der Waals surface area contributed by atoms with Crippen molar-refractivity contribution in [2.24, 2.45) is 5.16 Å². The molecule has 1 rings (SSSR count). The van der Waals surface area contributed by atoms with E-state index in [9.17, 15) is 4.39 Å². The van der Waals surface area contributed by atoms with E-state index in [2.05, 4.69) is 5.16 Å². The minimum Gasteiger partial charge on any atom is -0.491 e. The topological polar surface area (TPSA) is 41.8 Å². The van der Waals surface area contributed by atoms with Gasteiger partial charge in [-0.3, -0.25) is 0 Å². The highest BCUT2D eigenvalue weighted by Gasteiger charge is 2.03. The van der Waals surface area contributed by atoms with Crippen LogP contribution in [0.5, 0.6) is 5.75 Å². The zero-order chi connectivity index (χ0) is 10.6. The highest BCUT2D eigenvalue weighted by atomic mass is 19.1. The summed E-state index contributed by atoms with van der Waals surface area (Å²) in [6, 6.07) is 4.38. The van der Waals surface area contributed by atoms with Crippen molar-refractivity contribution in [2.75, 3.05) is 0 Å². The van der Waals surface area contributed by atoms with E-state index in [1.54, 1.807) is 6.07 Å². The van der Waals surface area contributed by atoms with Crippen molar-refractivity contribution in [3.63, 3.8) is 0 Å². The molecule has 0 fully saturated rings. The van der Waals surface area contributed by atoms with Crippen LogP contribution in [-0.2, 0) is 0 Å². The van der Waals surface area contributed by atoms with Gasteiger partial charge in [0.2, 0.25) is 0 Å². The van der Waals surface area contributed by atoms with Crippen molar-refractivity contribution in [3.8, 4) is 5.75 Å². The molecule has 0 aliphatic carbocycles. The number of benzene rings is 1. The molecule has 1 aromatic rings. The van der Waals surface area contributed by atoms with Crippen molar-refractivity contribution >= 4 is 6.21 Å². The highest BCUT2D eigenvalue weighted by molar-refractivity contribution is 5.79. The van der Waals surface area contributed by atoms with Crippen LogP contribution in [-0.4, -0.2) is 17.5 Å². The van der Waals surface area contributed by atoms with Gasteiger partial charge in [-0.15, -0.1) is 0 Å². The molecule has 0 heterocycles. The minimum absolute atomic E-state index is 0.00626. The van der Waals surface area contributed by atoms with Crippen LogP contribution in [0, 0.1) is 5.82 Å². The SMILES string of the molecule is CC(C)Oc1ccc(/C=N/O)c(F)c1. The van der Waals surface area contributed by atoms with Gasteiger partial charge in [0.05, 0.1) is 12.3 Å². The van der Waals surface area contributed by atoms with Crippen molar-refractivity contribution in [2.45, 2.75) is 20.0 Å². The average Bonchev–Trinajstić information content (AvgIpc) is 2.09. The molecule has 0 aliphatic rings. The third-order valence-electron chi connectivity index (χ3n) is 1.54. The molecule has 14 heavy (non-hydrogen) atoms. The fourth-order valence-electron chi connectivity index (χ4n) is 1.02. The Bertz CT molecular complexity index is 337. The smallest absolute Gasteiger partial charge is 0.135 e. The second-order valence-electron chi connectivity index (χ2n) is 3.09. The summed E-state index contributed by atoms with van der Waals surface area (Å²) < 4.78 is 18.5. The van der Waals surface area contributed by atoms with Crippen molar-refractivity contribution < 1.29 is 14.3 Å². The Morgan fingerprint density at radius 3 is 2.71 bits per heavy atom. The van der Waals surface area contributed by atoms with Crippen LogP contribution in [0.3, 0.4) is 0 Å². The molecule has 4 heteroatoms. The number of hydrogen-bond acceptors (Lipinski definition) is 3.